The summed E-state index contributed by atoms with van der Waals surface area (Å²) in [6.45, 7) is 1.87. The maximum Gasteiger partial charge on any atom is 0.260 e. The zero-order valence-corrected chi connectivity index (χ0v) is 12.7. The molecule has 0 aliphatic carbocycles. The van der Waals surface area contributed by atoms with Gasteiger partial charge in [-0.1, -0.05) is 48.5 Å². The van der Waals surface area contributed by atoms with E-state index in [1.54, 1.807) is 0 Å². The Morgan fingerprint density at radius 3 is 2.41 bits per heavy atom. The number of benzene rings is 2. The van der Waals surface area contributed by atoms with Crippen molar-refractivity contribution in [3.05, 3.63) is 65.7 Å². The monoisotopic (exact) mass is 295 g/mol. The SMILES string of the molecule is O=C(COc1ccccc1Cc1ccccc1)N1CCCC1. The number of carbonyl (C=O) groups is 1. The van der Waals surface area contributed by atoms with Crippen LogP contribution in [0.2, 0.25) is 0 Å². The highest BCUT2D eigenvalue weighted by Crippen LogP contribution is 2.21. The van der Waals surface area contributed by atoms with Crippen molar-refractivity contribution in [2.45, 2.75) is 19.3 Å². The molecule has 3 nitrogen and oxygen atoms in total. The van der Waals surface area contributed by atoms with Crippen molar-refractivity contribution in [2.75, 3.05) is 19.7 Å². The van der Waals surface area contributed by atoms with Crippen molar-refractivity contribution in [3.63, 3.8) is 0 Å². The molecule has 0 spiro atoms. The molecule has 0 N–H and O–H groups in total. The molecule has 22 heavy (non-hydrogen) atoms. The van der Waals surface area contributed by atoms with Gasteiger partial charge in [0.05, 0.1) is 0 Å². The van der Waals surface area contributed by atoms with E-state index in [4.69, 9.17) is 4.74 Å². The highest BCUT2D eigenvalue weighted by Gasteiger charge is 2.18. The number of carbonyl (C=O) groups excluding carboxylic acids is 1. The number of hydrogen-bond acceptors (Lipinski definition) is 2. The molecule has 3 heteroatoms. The molecule has 1 saturated heterocycles. The fraction of sp³-hybridized carbons (Fsp3) is 0.316. The molecule has 3 rings (SSSR count). The molecule has 0 atom stereocenters. The van der Waals surface area contributed by atoms with Gasteiger partial charge in [0.25, 0.3) is 5.91 Å². The van der Waals surface area contributed by atoms with Gasteiger partial charge >= 0.3 is 0 Å². The molecule has 1 aliphatic heterocycles. The summed E-state index contributed by atoms with van der Waals surface area (Å²) in [7, 11) is 0. The summed E-state index contributed by atoms with van der Waals surface area (Å²) in [6, 6.07) is 18.3. The summed E-state index contributed by atoms with van der Waals surface area (Å²) in [5, 5.41) is 0. The van der Waals surface area contributed by atoms with E-state index >= 15 is 0 Å². The van der Waals surface area contributed by atoms with E-state index in [9.17, 15) is 4.79 Å². The van der Waals surface area contributed by atoms with Crippen molar-refractivity contribution >= 4 is 5.91 Å². The van der Waals surface area contributed by atoms with Crippen LogP contribution in [0.4, 0.5) is 0 Å². The molecule has 114 valence electrons. The van der Waals surface area contributed by atoms with Gasteiger partial charge in [-0.05, 0) is 30.0 Å². The minimum Gasteiger partial charge on any atom is -0.483 e. The lowest BCUT2D eigenvalue weighted by Gasteiger charge is -2.17. The Bertz CT molecular complexity index is 618. The molecule has 0 unspecified atom stereocenters. The van der Waals surface area contributed by atoms with Crippen LogP contribution in [0.1, 0.15) is 24.0 Å². The minimum absolute atomic E-state index is 0.0898. The van der Waals surface area contributed by atoms with Gasteiger partial charge in [0.2, 0.25) is 0 Å². The predicted molar refractivity (Wildman–Crippen MR) is 87.0 cm³/mol. The number of amides is 1. The van der Waals surface area contributed by atoms with E-state index in [2.05, 4.69) is 18.2 Å². The van der Waals surface area contributed by atoms with Gasteiger partial charge in [-0.25, -0.2) is 0 Å². The fourth-order valence-corrected chi connectivity index (χ4v) is 2.80. The van der Waals surface area contributed by atoms with Gasteiger partial charge in [0, 0.05) is 19.5 Å². The highest BCUT2D eigenvalue weighted by molar-refractivity contribution is 5.78. The second kappa shape index (κ2) is 7.12. The molecular formula is C19H21NO2. The number of hydrogen-bond donors (Lipinski definition) is 0. The van der Waals surface area contributed by atoms with Crippen LogP contribution in [-0.4, -0.2) is 30.5 Å². The molecule has 1 amide bonds. The number of rotatable bonds is 5. The Morgan fingerprint density at radius 1 is 0.955 bits per heavy atom. The van der Waals surface area contributed by atoms with Crippen LogP contribution < -0.4 is 4.74 Å². The lowest BCUT2D eigenvalue weighted by atomic mass is 10.0. The largest absolute Gasteiger partial charge is 0.483 e. The Labute approximate surface area is 131 Å². The third kappa shape index (κ3) is 3.67. The number of nitrogens with zero attached hydrogens (tertiary/aromatic N) is 1. The van der Waals surface area contributed by atoms with Gasteiger partial charge in [0.15, 0.2) is 6.61 Å². The summed E-state index contributed by atoms with van der Waals surface area (Å²) in [6.07, 6.45) is 3.03. The Morgan fingerprint density at radius 2 is 1.64 bits per heavy atom. The Kier molecular flexibility index (Phi) is 4.74. The molecule has 0 aromatic heterocycles. The first-order valence-corrected chi connectivity index (χ1v) is 7.85. The average Bonchev–Trinajstić information content (AvgIpc) is 3.09. The first-order chi connectivity index (χ1) is 10.8. The van der Waals surface area contributed by atoms with Gasteiger partial charge in [-0.3, -0.25) is 4.79 Å². The standard InChI is InChI=1S/C19H21NO2/c21-19(20-12-6-7-13-20)15-22-18-11-5-4-10-17(18)14-16-8-2-1-3-9-16/h1-5,8-11H,6-7,12-15H2. The van der Waals surface area contributed by atoms with Crippen LogP contribution in [0.15, 0.2) is 54.6 Å². The van der Waals surface area contributed by atoms with Crippen LogP contribution in [0.3, 0.4) is 0 Å². The lowest BCUT2D eigenvalue weighted by molar-refractivity contribution is -0.132. The predicted octanol–water partition coefficient (Wildman–Crippen LogP) is 3.28. The normalized spacial score (nSPS) is 14.1. The fourth-order valence-electron chi connectivity index (χ4n) is 2.80. The molecule has 0 radical (unpaired) electrons. The Balaban J connectivity index is 1.64. The van der Waals surface area contributed by atoms with Gasteiger partial charge < -0.3 is 9.64 Å². The zero-order valence-electron chi connectivity index (χ0n) is 12.7. The first kappa shape index (κ1) is 14.6. The molecule has 0 saturated carbocycles. The van der Waals surface area contributed by atoms with Crippen molar-refractivity contribution in [1.29, 1.82) is 0 Å². The third-order valence-corrected chi connectivity index (χ3v) is 4.02. The third-order valence-electron chi connectivity index (χ3n) is 4.02. The van der Waals surface area contributed by atoms with Crippen molar-refractivity contribution in [1.82, 2.24) is 4.90 Å². The molecule has 1 heterocycles. The molecular weight excluding hydrogens is 274 g/mol. The van der Waals surface area contributed by atoms with Crippen LogP contribution in [0.25, 0.3) is 0 Å². The quantitative estimate of drug-likeness (QED) is 0.847. The van der Waals surface area contributed by atoms with Crippen LogP contribution in [0, 0.1) is 0 Å². The number of likely N-dealkylation sites (tertiary alicyclic amines) is 1. The molecule has 1 fully saturated rings. The zero-order chi connectivity index (χ0) is 15.2. The first-order valence-electron chi connectivity index (χ1n) is 7.85. The molecule has 0 bridgehead atoms. The van der Waals surface area contributed by atoms with E-state index in [0.717, 1.165) is 43.7 Å². The molecule has 1 aliphatic rings. The summed E-state index contributed by atoms with van der Waals surface area (Å²) < 4.78 is 5.79. The van der Waals surface area contributed by atoms with Gasteiger partial charge in [-0.2, -0.15) is 0 Å². The summed E-state index contributed by atoms with van der Waals surface area (Å²) in [5.74, 6) is 0.894. The number of ether oxygens (including phenoxy) is 1. The van der Waals surface area contributed by atoms with E-state index in [1.165, 1.54) is 5.56 Å². The minimum atomic E-state index is 0.0898. The van der Waals surface area contributed by atoms with E-state index in [1.807, 2.05) is 41.3 Å². The van der Waals surface area contributed by atoms with E-state index in [0.29, 0.717) is 0 Å². The summed E-state index contributed by atoms with van der Waals surface area (Å²) >= 11 is 0. The maximum absolute atomic E-state index is 12.1. The van der Waals surface area contributed by atoms with Gasteiger partial charge in [0.1, 0.15) is 5.75 Å². The summed E-state index contributed by atoms with van der Waals surface area (Å²) in [5.41, 5.74) is 2.35. The molecule has 2 aromatic rings. The van der Waals surface area contributed by atoms with Crippen LogP contribution in [0.5, 0.6) is 5.75 Å². The Hall–Kier alpha value is -2.29. The van der Waals surface area contributed by atoms with Crippen molar-refractivity contribution < 1.29 is 9.53 Å². The second-order valence-corrected chi connectivity index (χ2v) is 5.65. The lowest BCUT2D eigenvalue weighted by Crippen LogP contribution is -2.32. The molecule has 2 aromatic carbocycles. The summed E-state index contributed by atoms with van der Waals surface area (Å²) in [4.78, 5) is 14.0. The number of para-hydroxylation sites is 1. The second-order valence-electron chi connectivity index (χ2n) is 5.65. The highest BCUT2D eigenvalue weighted by atomic mass is 16.5. The average molecular weight is 295 g/mol. The van der Waals surface area contributed by atoms with Crippen LogP contribution in [-0.2, 0) is 11.2 Å². The van der Waals surface area contributed by atoms with Crippen LogP contribution >= 0.6 is 0 Å². The smallest absolute Gasteiger partial charge is 0.260 e. The van der Waals surface area contributed by atoms with Gasteiger partial charge in [-0.15, -0.1) is 0 Å². The maximum atomic E-state index is 12.1. The van der Waals surface area contributed by atoms with E-state index in [-0.39, 0.29) is 12.5 Å². The topological polar surface area (TPSA) is 29.5 Å². The van der Waals surface area contributed by atoms with Crippen molar-refractivity contribution in [2.24, 2.45) is 0 Å². The van der Waals surface area contributed by atoms with E-state index < -0.39 is 0 Å². The van der Waals surface area contributed by atoms with Crippen molar-refractivity contribution in [3.8, 4) is 5.75 Å².